The number of aryl methyl sites for hydroxylation is 1. The van der Waals surface area contributed by atoms with E-state index in [1.807, 2.05) is 24.3 Å². The summed E-state index contributed by atoms with van der Waals surface area (Å²) < 4.78 is 6.85. The van der Waals surface area contributed by atoms with Crippen LogP contribution in [0.2, 0.25) is 0 Å². The molecule has 0 spiro atoms. The van der Waals surface area contributed by atoms with E-state index in [-0.39, 0.29) is 12.2 Å². The molecule has 0 saturated carbocycles. The number of nitrogens with zero attached hydrogens (tertiary/aromatic N) is 6. The molecular weight excluding hydrogens is 360 g/mol. The first-order valence-corrected chi connectivity index (χ1v) is 8.68. The summed E-state index contributed by atoms with van der Waals surface area (Å²) in [6.07, 6.45) is 2.49. The molecule has 0 aliphatic heterocycles. The topological polar surface area (TPSA) is 113 Å². The van der Waals surface area contributed by atoms with Crippen LogP contribution in [0.3, 0.4) is 0 Å². The SMILES string of the molecule is CCc1ccc(-c2noc(Cn3cnc(-c4cccc([N+](=O)[O-])c4)n3)n2)cc1. The van der Waals surface area contributed by atoms with Crippen LogP contribution in [-0.2, 0) is 13.0 Å². The van der Waals surface area contributed by atoms with Gasteiger partial charge in [0.25, 0.3) is 5.69 Å². The summed E-state index contributed by atoms with van der Waals surface area (Å²) in [5.41, 5.74) is 2.67. The lowest BCUT2D eigenvalue weighted by atomic mass is 10.1. The van der Waals surface area contributed by atoms with E-state index < -0.39 is 4.92 Å². The Morgan fingerprint density at radius 1 is 1.11 bits per heavy atom. The van der Waals surface area contributed by atoms with Gasteiger partial charge in [-0.2, -0.15) is 10.1 Å². The molecule has 0 aliphatic rings. The second-order valence-corrected chi connectivity index (χ2v) is 6.14. The third-order valence-electron chi connectivity index (χ3n) is 4.24. The first kappa shape index (κ1) is 17.5. The number of aromatic nitrogens is 5. The van der Waals surface area contributed by atoms with Gasteiger partial charge in [-0.25, -0.2) is 9.67 Å². The zero-order valence-corrected chi connectivity index (χ0v) is 15.0. The molecule has 0 aliphatic carbocycles. The van der Waals surface area contributed by atoms with Gasteiger partial charge in [0.05, 0.1) is 4.92 Å². The zero-order chi connectivity index (χ0) is 19.5. The van der Waals surface area contributed by atoms with Crippen molar-refractivity contribution in [1.29, 1.82) is 0 Å². The Balaban J connectivity index is 1.51. The highest BCUT2D eigenvalue weighted by Gasteiger charge is 2.13. The van der Waals surface area contributed by atoms with Crippen molar-refractivity contribution in [3.63, 3.8) is 0 Å². The lowest BCUT2D eigenvalue weighted by molar-refractivity contribution is -0.384. The summed E-state index contributed by atoms with van der Waals surface area (Å²) >= 11 is 0. The number of hydrogen-bond acceptors (Lipinski definition) is 7. The molecule has 2 aromatic heterocycles. The van der Waals surface area contributed by atoms with Crippen LogP contribution in [-0.4, -0.2) is 29.8 Å². The Morgan fingerprint density at radius 3 is 2.68 bits per heavy atom. The van der Waals surface area contributed by atoms with E-state index in [2.05, 4.69) is 27.1 Å². The monoisotopic (exact) mass is 376 g/mol. The molecule has 9 nitrogen and oxygen atoms in total. The number of nitro groups is 1. The highest BCUT2D eigenvalue weighted by molar-refractivity contribution is 5.58. The third-order valence-corrected chi connectivity index (χ3v) is 4.24. The Labute approximate surface area is 159 Å². The van der Waals surface area contributed by atoms with Crippen molar-refractivity contribution in [2.45, 2.75) is 19.9 Å². The summed E-state index contributed by atoms with van der Waals surface area (Å²) in [5, 5.41) is 19.3. The van der Waals surface area contributed by atoms with Gasteiger partial charge in [0.1, 0.15) is 12.9 Å². The molecule has 0 saturated heterocycles. The number of benzene rings is 2. The second kappa shape index (κ2) is 7.39. The molecule has 2 aromatic carbocycles. The van der Waals surface area contributed by atoms with Gasteiger partial charge in [0.2, 0.25) is 11.7 Å². The largest absolute Gasteiger partial charge is 0.337 e. The molecule has 0 fully saturated rings. The Bertz CT molecular complexity index is 1120. The van der Waals surface area contributed by atoms with Crippen LogP contribution < -0.4 is 0 Å². The summed E-state index contributed by atoms with van der Waals surface area (Å²) in [4.78, 5) is 19.1. The molecule has 0 atom stereocenters. The first-order valence-electron chi connectivity index (χ1n) is 8.68. The van der Waals surface area contributed by atoms with Crippen molar-refractivity contribution < 1.29 is 9.45 Å². The average Bonchev–Trinajstić information content (AvgIpc) is 3.38. The molecule has 28 heavy (non-hydrogen) atoms. The molecule has 4 aromatic rings. The minimum atomic E-state index is -0.451. The van der Waals surface area contributed by atoms with Crippen molar-refractivity contribution in [2.75, 3.05) is 0 Å². The van der Waals surface area contributed by atoms with E-state index in [1.165, 1.54) is 24.0 Å². The van der Waals surface area contributed by atoms with E-state index in [0.29, 0.717) is 23.1 Å². The molecule has 0 amide bonds. The first-order chi connectivity index (χ1) is 13.6. The van der Waals surface area contributed by atoms with E-state index in [4.69, 9.17) is 4.52 Å². The molecule has 0 unspecified atom stereocenters. The highest BCUT2D eigenvalue weighted by Crippen LogP contribution is 2.21. The number of nitro benzene ring substituents is 1. The van der Waals surface area contributed by atoms with Crippen molar-refractivity contribution in [1.82, 2.24) is 24.9 Å². The maximum atomic E-state index is 10.9. The summed E-state index contributed by atoms with van der Waals surface area (Å²) in [5.74, 6) is 1.29. The average molecular weight is 376 g/mol. The summed E-state index contributed by atoms with van der Waals surface area (Å²) in [7, 11) is 0. The molecule has 9 heteroatoms. The number of rotatable bonds is 6. The third kappa shape index (κ3) is 3.63. The van der Waals surface area contributed by atoms with Gasteiger partial charge in [-0.1, -0.05) is 48.5 Å². The fraction of sp³-hybridized carbons (Fsp3) is 0.158. The Hall–Kier alpha value is -3.88. The number of non-ortho nitro benzene ring substituents is 1. The lowest BCUT2D eigenvalue weighted by Crippen LogP contribution is -2.00. The molecule has 2 heterocycles. The van der Waals surface area contributed by atoms with Crippen molar-refractivity contribution in [3.8, 4) is 22.8 Å². The minimum Gasteiger partial charge on any atom is -0.337 e. The van der Waals surface area contributed by atoms with E-state index in [1.54, 1.807) is 16.8 Å². The van der Waals surface area contributed by atoms with Crippen molar-refractivity contribution in [2.24, 2.45) is 0 Å². The highest BCUT2D eigenvalue weighted by atomic mass is 16.6. The molecule has 0 radical (unpaired) electrons. The van der Waals surface area contributed by atoms with Crippen LogP contribution >= 0.6 is 0 Å². The predicted molar refractivity (Wildman–Crippen MR) is 100 cm³/mol. The predicted octanol–water partition coefficient (Wildman–Crippen LogP) is 3.51. The quantitative estimate of drug-likeness (QED) is 0.374. The number of hydrogen-bond donors (Lipinski definition) is 0. The molecule has 140 valence electrons. The maximum absolute atomic E-state index is 10.9. The molecule has 4 rings (SSSR count). The van der Waals surface area contributed by atoms with Crippen molar-refractivity contribution >= 4 is 5.69 Å². The van der Waals surface area contributed by atoms with Gasteiger partial charge in [0.15, 0.2) is 5.82 Å². The van der Waals surface area contributed by atoms with Gasteiger partial charge in [-0.05, 0) is 12.0 Å². The summed E-state index contributed by atoms with van der Waals surface area (Å²) in [6, 6.07) is 14.2. The Morgan fingerprint density at radius 2 is 1.93 bits per heavy atom. The smallest absolute Gasteiger partial charge is 0.270 e. The molecule has 0 bridgehead atoms. The van der Waals surface area contributed by atoms with Gasteiger partial charge in [-0.3, -0.25) is 10.1 Å². The van der Waals surface area contributed by atoms with Crippen LogP contribution in [0.25, 0.3) is 22.8 Å². The molecule has 0 N–H and O–H groups in total. The van der Waals surface area contributed by atoms with Crippen LogP contribution in [0, 0.1) is 10.1 Å². The standard InChI is InChI=1S/C19H16N6O3/c1-2-13-6-8-14(9-7-13)19-21-17(28-23-19)11-24-12-20-18(22-24)15-4-3-5-16(10-15)25(26)27/h3-10,12H,2,11H2,1H3. The maximum Gasteiger partial charge on any atom is 0.270 e. The fourth-order valence-corrected chi connectivity index (χ4v) is 2.73. The summed E-state index contributed by atoms with van der Waals surface area (Å²) in [6.45, 7) is 2.35. The van der Waals surface area contributed by atoms with Crippen LogP contribution in [0.1, 0.15) is 18.4 Å². The van der Waals surface area contributed by atoms with Crippen LogP contribution in [0.4, 0.5) is 5.69 Å². The van der Waals surface area contributed by atoms with Gasteiger partial charge in [0, 0.05) is 23.3 Å². The van der Waals surface area contributed by atoms with E-state index >= 15 is 0 Å². The lowest BCUT2D eigenvalue weighted by Gasteiger charge is -1.97. The van der Waals surface area contributed by atoms with Gasteiger partial charge < -0.3 is 4.52 Å². The van der Waals surface area contributed by atoms with E-state index in [9.17, 15) is 10.1 Å². The normalized spacial score (nSPS) is 10.9. The van der Waals surface area contributed by atoms with Crippen molar-refractivity contribution in [3.05, 3.63) is 76.4 Å². The zero-order valence-electron chi connectivity index (χ0n) is 15.0. The minimum absolute atomic E-state index is 0.00974. The van der Waals surface area contributed by atoms with Gasteiger partial charge >= 0.3 is 0 Å². The van der Waals surface area contributed by atoms with Gasteiger partial charge in [-0.15, -0.1) is 0 Å². The second-order valence-electron chi connectivity index (χ2n) is 6.14. The van der Waals surface area contributed by atoms with E-state index in [0.717, 1.165) is 12.0 Å². The van der Waals surface area contributed by atoms with Crippen LogP contribution in [0.15, 0.2) is 59.4 Å². The van der Waals surface area contributed by atoms with Crippen LogP contribution in [0.5, 0.6) is 0 Å². The Kier molecular flexibility index (Phi) is 4.63. The molecular formula is C19H16N6O3. The fourth-order valence-electron chi connectivity index (χ4n) is 2.73.